The van der Waals surface area contributed by atoms with E-state index in [2.05, 4.69) is 98.0 Å². The van der Waals surface area contributed by atoms with Crippen molar-refractivity contribution in [2.75, 3.05) is 10.2 Å². The Morgan fingerprint density at radius 2 is 0.934 bits per heavy atom. The molecule has 11 aromatic heterocycles. The number of aromatic nitrogens is 17. The number of alkyl halides is 1. The SMILES string of the molecule is C[I-]C#N.Cc1nc(C)c(C(=O)Nc2ccnc(-c3nc4ncc(-c5ccccc5)cn4n3)c2)o1.Cc1nc(C)c(C(N)=O)o1.Cl.Clc1ccnc(-c2nc3ncc(-c4ccccc4)cn3n2)c1.Ic1ccnc(-c2nc3ncc(-c4ccccc4)cn3n2)c1.[Na+]. The van der Waals surface area contributed by atoms with E-state index in [1.54, 1.807) is 96.5 Å². The van der Waals surface area contributed by atoms with Crippen LogP contribution in [0.4, 0.5) is 5.69 Å². The number of nitrogens with zero attached hydrogens (tertiary/aromatic N) is 18. The third-order valence-electron chi connectivity index (χ3n) is 12.4. The van der Waals surface area contributed by atoms with Gasteiger partial charge in [0.1, 0.15) is 17.1 Å². The van der Waals surface area contributed by atoms with E-state index in [9.17, 15) is 9.59 Å². The Morgan fingerprint density at radius 3 is 1.30 bits per heavy atom. The molecule has 0 saturated heterocycles. The molecule has 14 aromatic rings. The van der Waals surface area contributed by atoms with Gasteiger partial charge in [-0.25, -0.2) is 38.5 Å². The zero-order valence-electron chi connectivity index (χ0n) is 49.1. The monoisotopic (exact) mass is 1480 g/mol. The molecule has 0 unspecified atom stereocenters. The first-order valence-electron chi connectivity index (χ1n) is 26.6. The van der Waals surface area contributed by atoms with Gasteiger partial charge < -0.3 is 19.9 Å². The minimum Gasteiger partial charge on any atom is -0.436 e. The van der Waals surface area contributed by atoms with Crippen LogP contribution >= 0.6 is 46.6 Å². The average molecular weight is 1490 g/mol. The van der Waals surface area contributed by atoms with Gasteiger partial charge in [-0.2, -0.15) is 15.0 Å². The van der Waals surface area contributed by atoms with Gasteiger partial charge in [0.25, 0.3) is 29.1 Å². The Balaban J connectivity index is 0.000000160. The summed E-state index contributed by atoms with van der Waals surface area (Å²) < 4.78 is 18.4. The van der Waals surface area contributed by atoms with E-state index in [0.717, 1.165) is 42.6 Å². The van der Waals surface area contributed by atoms with Gasteiger partial charge in [-0.05, 0) is 89.5 Å². The summed E-state index contributed by atoms with van der Waals surface area (Å²) in [4.78, 5) is 72.2. The van der Waals surface area contributed by atoms with Crippen LogP contribution < -0.4 is 61.8 Å². The number of amides is 2. The molecule has 0 radical (unpaired) electrons. The van der Waals surface area contributed by atoms with Crippen LogP contribution in [0.2, 0.25) is 5.02 Å². The van der Waals surface area contributed by atoms with Crippen LogP contribution in [-0.4, -0.2) is 100 Å². The summed E-state index contributed by atoms with van der Waals surface area (Å²) >= 11 is 8.14. The molecule has 14 rings (SSSR count). The van der Waals surface area contributed by atoms with Crippen LogP contribution in [0.15, 0.2) is 192 Å². The number of halogens is 4. The molecule has 29 heteroatoms. The fourth-order valence-electron chi connectivity index (χ4n) is 8.39. The second-order valence-corrected chi connectivity index (χ2v) is 21.9. The van der Waals surface area contributed by atoms with Gasteiger partial charge in [0, 0.05) is 101 Å². The van der Waals surface area contributed by atoms with Crippen molar-refractivity contribution < 1.29 is 69.2 Å². The third kappa shape index (κ3) is 17.5. The van der Waals surface area contributed by atoms with Crippen molar-refractivity contribution >= 4 is 81.4 Å². The second-order valence-electron chi connectivity index (χ2n) is 18.7. The molecule has 11 heterocycles. The maximum absolute atomic E-state index is 12.5. The maximum atomic E-state index is 12.5. The molecular formula is C62H49Cl2I2N20NaO4. The molecule has 450 valence electrons. The largest absolute Gasteiger partial charge is 1.00 e. The molecule has 3 aromatic carbocycles. The van der Waals surface area contributed by atoms with E-state index in [0.29, 0.717) is 80.1 Å². The molecule has 24 nitrogen and oxygen atoms in total. The zero-order valence-corrected chi connectivity index (χ0v) is 57.0. The quantitative estimate of drug-likeness (QED) is 0.0997. The van der Waals surface area contributed by atoms with E-state index in [1.165, 1.54) is 0 Å². The van der Waals surface area contributed by atoms with E-state index < -0.39 is 5.91 Å². The number of carbonyl (C=O) groups excluding carboxylic acids is 2. The molecule has 0 spiro atoms. The molecule has 0 fully saturated rings. The maximum Gasteiger partial charge on any atom is 1.00 e. The number of benzene rings is 3. The number of oxazole rings is 2. The summed E-state index contributed by atoms with van der Waals surface area (Å²) in [5, 5.41) is 24.5. The molecule has 0 aliphatic heterocycles. The number of rotatable bonds is 9. The normalized spacial score (nSPS) is 10.4. The number of nitrogens with one attached hydrogen (secondary N) is 1. The standard InChI is InChI=1S/C22H17N7O2.C16H10ClN5.C16H10IN5.C6H8N2O2.C2H3IN.ClH.Na/c1-13-19(31-14(2)25-13)21(30)26-17-8-9-23-18(10-17)20-27-22-24-11-16(12-29(22)28-20)15-6-4-3-5-7-15;2*17-13-6-7-18-14(8-13)15-20-16-19-9-12(10-22(16)21-15)11-4-2-1-3-5-11;1-3-5(6(7)9)10-4(2)8-3;1-3-2-4;;/h3-12H,1-2H3,(H,23,26,30);2*1-10H;1-2H3,(H2,7,9);1H3;1H;/q;;;;-1;;+1. The smallest absolute Gasteiger partial charge is 0.436 e. The van der Waals surface area contributed by atoms with Gasteiger partial charge in [-0.1, -0.05) is 103 Å². The number of pyridine rings is 3. The molecule has 2 amide bonds. The fraction of sp³-hybridized carbons (Fsp3) is 0.0806. The first kappa shape index (κ1) is 67.6. The van der Waals surface area contributed by atoms with Crippen LogP contribution in [0.1, 0.15) is 44.3 Å². The number of aryl methyl sites for hydroxylation is 4. The van der Waals surface area contributed by atoms with Gasteiger partial charge in [0.15, 0.2) is 11.8 Å². The Morgan fingerprint density at radius 1 is 0.549 bits per heavy atom. The van der Waals surface area contributed by atoms with Crippen molar-refractivity contribution in [3.63, 3.8) is 0 Å². The van der Waals surface area contributed by atoms with E-state index in [4.69, 9.17) is 31.4 Å². The first-order valence-corrected chi connectivity index (χ1v) is 31.3. The number of anilines is 1. The molecule has 3 N–H and O–H groups in total. The van der Waals surface area contributed by atoms with Crippen molar-refractivity contribution in [3.8, 4) is 72.0 Å². The van der Waals surface area contributed by atoms with Crippen molar-refractivity contribution in [1.29, 1.82) is 5.26 Å². The summed E-state index contributed by atoms with van der Waals surface area (Å²) in [7, 11) is 0. The first-order chi connectivity index (χ1) is 43.2. The van der Waals surface area contributed by atoms with Gasteiger partial charge in [-0.3, -0.25) is 24.5 Å². The summed E-state index contributed by atoms with van der Waals surface area (Å²) in [6.07, 6.45) is 16.0. The second kappa shape index (κ2) is 31.9. The van der Waals surface area contributed by atoms with E-state index in [-0.39, 0.29) is 80.6 Å². The van der Waals surface area contributed by atoms with Crippen LogP contribution in [0.3, 0.4) is 0 Å². The summed E-state index contributed by atoms with van der Waals surface area (Å²) in [5.74, 6) is 3.31. The van der Waals surface area contributed by atoms with Crippen molar-refractivity contribution in [2.45, 2.75) is 27.7 Å². The van der Waals surface area contributed by atoms with Crippen LogP contribution in [-0.2, 0) is 0 Å². The fourth-order valence-corrected chi connectivity index (χ4v) is 9.00. The van der Waals surface area contributed by atoms with Gasteiger partial charge >= 0.3 is 65.0 Å². The topological polar surface area (TPSA) is 316 Å². The molecule has 0 atom stereocenters. The van der Waals surface area contributed by atoms with Gasteiger partial charge in [0.2, 0.25) is 29.0 Å². The summed E-state index contributed by atoms with van der Waals surface area (Å²) in [5.41, 5.74) is 14.6. The van der Waals surface area contributed by atoms with Gasteiger partial charge in [0.05, 0.1) is 11.4 Å². The average Bonchev–Trinajstić information content (AvgIpc) is 1.81. The Kier molecular flexibility index (Phi) is 23.7. The Hall–Kier alpha value is -9.35. The number of nitrogens with two attached hydrogens (primary N) is 1. The number of hydrogen-bond donors (Lipinski definition) is 2. The minimum absolute atomic E-state index is 0. The van der Waals surface area contributed by atoms with Crippen LogP contribution in [0.25, 0.3) is 85.3 Å². The number of primary amides is 1. The third-order valence-corrected chi connectivity index (χ3v) is 13.8. The number of fused-ring (bicyclic) bond motifs is 3. The van der Waals surface area contributed by atoms with Crippen molar-refractivity contribution in [3.05, 3.63) is 226 Å². The van der Waals surface area contributed by atoms with E-state index in [1.807, 2.05) is 137 Å². The van der Waals surface area contributed by atoms with Gasteiger partial charge in [-0.15, -0.1) is 27.7 Å². The molecule has 0 aliphatic rings. The Labute approximate surface area is 576 Å². The van der Waals surface area contributed by atoms with Crippen molar-refractivity contribution in [2.24, 2.45) is 5.73 Å². The zero-order chi connectivity index (χ0) is 62.4. The van der Waals surface area contributed by atoms with Crippen LogP contribution in [0, 0.1) is 40.6 Å². The molecule has 91 heavy (non-hydrogen) atoms. The van der Waals surface area contributed by atoms with E-state index >= 15 is 0 Å². The molecular weight excluding hydrogens is 1440 g/mol. The molecule has 0 bridgehead atoms. The predicted octanol–water partition coefficient (Wildman–Crippen LogP) is 5.68. The predicted molar refractivity (Wildman–Crippen MR) is 343 cm³/mol. The number of carbonyl (C=O) groups is 2. The number of hydrogen-bond acceptors (Lipinski definition) is 19. The summed E-state index contributed by atoms with van der Waals surface area (Å²) in [6, 6.07) is 40.7. The number of nitriles is 1. The Bertz CT molecular complexity index is 4680. The molecule has 0 saturated carbocycles. The molecule has 0 aliphatic carbocycles. The summed E-state index contributed by atoms with van der Waals surface area (Å²) in [6.45, 7) is 6.76. The van der Waals surface area contributed by atoms with Crippen LogP contribution in [0.5, 0.6) is 0 Å². The minimum atomic E-state index is -0.571. The van der Waals surface area contributed by atoms with Crippen molar-refractivity contribution in [1.82, 2.24) is 83.7 Å².